The van der Waals surface area contributed by atoms with Crippen LogP contribution in [0.2, 0.25) is 0 Å². The lowest BCUT2D eigenvalue weighted by molar-refractivity contribution is 0.669. The van der Waals surface area contributed by atoms with Crippen LogP contribution in [-0.2, 0) is 0 Å². The van der Waals surface area contributed by atoms with Crippen molar-refractivity contribution in [3.8, 4) is 11.1 Å². The van der Waals surface area contributed by atoms with Crippen LogP contribution in [0.3, 0.4) is 0 Å². The van der Waals surface area contributed by atoms with Crippen molar-refractivity contribution in [2.75, 3.05) is 0 Å². The first-order chi connectivity index (χ1) is 27.2. The van der Waals surface area contributed by atoms with Crippen LogP contribution in [0.4, 0.5) is 0 Å². The monoisotopic (exact) mass is 700 g/mol. The van der Waals surface area contributed by atoms with Crippen molar-refractivity contribution in [1.29, 1.82) is 0 Å². The fraction of sp³-hybridized carbons (Fsp3) is 0.0192. The third kappa shape index (κ3) is 5.37. The Kier molecular flexibility index (Phi) is 7.19. The molecule has 11 rings (SSSR count). The van der Waals surface area contributed by atoms with Gasteiger partial charge in [-0.15, -0.1) is 0 Å². The van der Waals surface area contributed by atoms with Crippen LogP contribution in [0.25, 0.3) is 81.9 Å². The van der Waals surface area contributed by atoms with Crippen LogP contribution in [0, 0.1) is 0 Å². The van der Waals surface area contributed by atoms with E-state index in [1.807, 2.05) is 18.2 Å². The Bertz CT molecular complexity index is 3310. The number of rotatable bonds is 4. The number of fused-ring (bicyclic) bond motifs is 9. The van der Waals surface area contributed by atoms with Crippen molar-refractivity contribution in [3.05, 3.63) is 204 Å². The molecule has 0 bridgehead atoms. The highest BCUT2D eigenvalue weighted by molar-refractivity contribution is 6.20. The second-order valence-electron chi connectivity index (χ2n) is 14.2. The number of hydrogen-bond acceptors (Lipinski definition) is 3. The van der Waals surface area contributed by atoms with E-state index in [-0.39, 0.29) is 0 Å². The quantitative estimate of drug-likeness (QED) is 0.133. The zero-order valence-corrected chi connectivity index (χ0v) is 29.8. The first-order valence-electron chi connectivity index (χ1n) is 18.7. The van der Waals surface area contributed by atoms with Gasteiger partial charge in [0.25, 0.3) is 0 Å². The van der Waals surface area contributed by atoms with E-state index < -0.39 is 0 Å². The van der Waals surface area contributed by atoms with Crippen LogP contribution >= 0.6 is 0 Å². The van der Waals surface area contributed by atoms with Crippen molar-refractivity contribution in [1.82, 2.24) is 0 Å². The van der Waals surface area contributed by atoms with Crippen molar-refractivity contribution in [2.24, 2.45) is 9.98 Å². The van der Waals surface area contributed by atoms with Crippen LogP contribution in [0.1, 0.15) is 23.1 Å². The molecule has 0 radical (unpaired) electrons. The molecule has 0 unspecified atom stereocenters. The van der Waals surface area contributed by atoms with Gasteiger partial charge in [-0.25, -0.2) is 9.98 Å². The summed E-state index contributed by atoms with van der Waals surface area (Å²) in [6, 6.07) is 62.2. The molecule has 1 aliphatic heterocycles. The number of allylic oxidation sites excluding steroid dienone is 1. The van der Waals surface area contributed by atoms with E-state index in [4.69, 9.17) is 14.4 Å². The Morgan fingerprint density at radius 1 is 0.418 bits per heavy atom. The minimum atomic E-state index is 0.601. The maximum atomic E-state index is 6.65. The van der Waals surface area contributed by atoms with Gasteiger partial charge in [0.1, 0.15) is 16.9 Å². The molecule has 2 heterocycles. The molecule has 0 saturated heterocycles. The molecule has 3 nitrogen and oxygen atoms in total. The molecular weight excluding hydrogens is 669 g/mol. The molecule has 0 spiro atoms. The number of benzene rings is 9. The van der Waals surface area contributed by atoms with Gasteiger partial charge in [-0.1, -0.05) is 151 Å². The fourth-order valence-corrected chi connectivity index (χ4v) is 8.21. The Labute approximate surface area is 317 Å². The fourth-order valence-electron chi connectivity index (χ4n) is 8.21. The van der Waals surface area contributed by atoms with Gasteiger partial charge in [0.15, 0.2) is 5.84 Å². The summed E-state index contributed by atoms with van der Waals surface area (Å²) >= 11 is 0. The molecule has 0 N–H and O–H groups in total. The molecule has 1 aliphatic rings. The molecule has 10 aromatic rings. The zero-order chi connectivity index (χ0) is 36.3. The average molecular weight is 701 g/mol. The first-order valence-corrected chi connectivity index (χ1v) is 18.7. The molecular formula is C52H32N2O. The molecule has 0 aliphatic carbocycles. The molecule has 9 aromatic carbocycles. The predicted octanol–water partition coefficient (Wildman–Crippen LogP) is 13.7. The second kappa shape index (κ2) is 12.7. The maximum Gasteiger partial charge on any atom is 0.160 e. The Morgan fingerprint density at radius 3 is 1.87 bits per heavy atom. The lowest BCUT2D eigenvalue weighted by Gasteiger charge is -2.13. The largest absolute Gasteiger partial charge is 0.456 e. The molecule has 3 heteroatoms. The SMILES string of the molecule is C1=CCC(c2ccc3c(ccc4c5ccccc5ccc34)c2)=NC(c2ccccc2)=NC=1c1cc(-c2ccccc2)c2c(c1)oc1cc3ccccc3cc12. The number of amidine groups is 1. The molecule has 1 aromatic heterocycles. The van der Waals surface area contributed by atoms with Crippen molar-refractivity contribution in [3.63, 3.8) is 0 Å². The summed E-state index contributed by atoms with van der Waals surface area (Å²) in [5.74, 6) is 0.647. The predicted molar refractivity (Wildman–Crippen MR) is 231 cm³/mol. The van der Waals surface area contributed by atoms with Gasteiger partial charge in [-0.3, -0.25) is 0 Å². The topological polar surface area (TPSA) is 37.9 Å². The highest BCUT2D eigenvalue weighted by Gasteiger charge is 2.19. The molecule has 55 heavy (non-hydrogen) atoms. The van der Waals surface area contributed by atoms with Crippen LogP contribution in [0.5, 0.6) is 0 Å². The van der Waals surface area contributed by atoms with E-state index in [1.165, 1.54) is 37.7 Å². The van der Waals surface area contributed by atoms with E-state index in [0.717, 1.165) is 60.9 Å². The highest BCUT2D eigenvalue weighted by Crippen LogP contribution is 2.41. The summed E-state index contributed by atoms with van der Waals surface area (Å²) < 4.78 is 6.65. The van der Waals surface area contributed by atoms with Gasteiger partial charge in [0.2, 0.25) is 0 Å². The summed E-state index contributed by atoms with van der Waals surface area (Å²) in [4.78, 5) is 10.6. The number of aliphatic imine (C=N–C) groups is 2. The van der Waals surface area contributed by atoms with E-state index in [1.54, 1.807) is 0 Å². The van der Waals surface area contributed by atoms with Gasteiger partial charge in [0.05, 0.1) is 5.71 Å². The summed E-state index contributed by atoms with van der Waals surface area (Å²) in [5, 5.41) is 12.0. The zero-order valence-electron chi connectivity index (χ0n) is 29.8. The van der Waals surface area contributed by atoms with E-state index >= 15 is 0 Å². The van der Waals surface area contributed by atoms with Crippen molar-refractivity contribution in [2.45, 2.75) is 6.42 Å². The van der Waals surface area contributed by atoms with Crippen LogP contribution in [-0.4, -0.2) is 11.5 Å². The Morgan fingerprint density at radius 2 is 1.07 bits per heavy atom. The second-order valence-corrected chi connectivity index (χ2v) is 14.2. The average Bonchev–Trinajstić information content (AvgIpc) is 3.60. The van der Waals surface area contributed by atoms with Gasteiger partial charge < -0.3 is 4.42 Å². The van der Waals surface area contributed by atoms with Crippen LogP contribution < -0.4 is 0 Å². The molecule has 0 saturated carbocycles. The minimum Gasteiger partial charge on any atom is -0.456 e. The van der Waals surface area contributed by atoms with Crippen molar-refractivity contribution < 1.29 is 4.42 Å². The van der Waals surface area contributed by atoms with Crippen molar-refractivity contribution >= 4 is 82.3 Å². The molecule has 0 atom stereocenters. The van der Waals surface area contributed by atoms with E-state index in [9.17, 15) is 0 Å². The third-order valence-corrected chi connectivity index (χ3v) is 10.9. The third-order valence-electron chi connectivity index (χ3n) is 10.9. The van der Waals surface area contributed by atoms with Gasteiger partial charge in [-0.2, -0.15) is 0 Å². The standard InChI is InChI=1S/C52H32N2O/c1-3-12-33(13-4-1)45-30-40(32-50-51(45)46-29-36-17-7-8-18-37(36)31-49(46)55-50)48-21-11-20-47(53-52(54-48)35-15-5-2-6-16-35)39-24-25-42-38(28-39)23-27-43-41-19-10-9-14-34(41)22-26-44(42)43/h1-19,22-32H,20H2. The summed E-state index contributed by atoms with van der Waals surface area (Å²) in [6.07, 6.45) is 2.66. The van der Waals surface area contributed by atoms with Gasteiger partial charge >= 0.3 is 0 Å². The lowest BCUT2D eigenvalue weighted by atomic mass is 9.94. The smallest absolute Gasteiger partial charge is 0.160 e. The lowest BCUT2D eigenvalue weighted by Crippen LogP contribution is -2.08. The van der Waals surface area contributed by atoms with E-state index in [2.05, 4.69) is 170 Å². The van der Waals surface area contributed by atoms with E-state index in [0.29, 0.717) is 18.0 Å². The molecule has 0 amide bonds. The van der Waals surface area contributed by atoms with Gasteiger partial charge in [0, 0.05) is 28.3 Å². The first kappa shape index (κ1) is 31.2. The van der Waals surface area contributed by atoms with Gasteiger partial charge in [-0.05, 0) is 96.2 Å². The number of nitrogens with zero attached hydrogens (tertiary/aromatic N) is 2. The minimum absolute atomic E-state index is 0.601. The normalized spacial score (nSPS) is 13.3. The molecule has 0 fully saturated rings. The number of hydrogen-bond donors (Lipinski definition) is 0. The van der Waals surface area contributed by atoms with Crippen LogP contribution in [0.15, 0.2) is 202 Å². The summed E-state index contributed by atoms with van der Waals surface area (Å²) in [5.41, 5.74) is 12.1. The Hall–Kier alpha value is -7.32. The summed E-state index contributed by atoms with van der Waals surface area (Å²) in [6.45, 7) is 0. The highest BCUT2D eigenvalue weighted by atomic mass is 16.3. The summed E-state index contributed by atoms with van der Waals surface area (Å²) in [7, 11) is 0. The number of furan rings is 1. The Balaban J connectivity index is 1.06. The molecule has 256 valence electrons. The maximum absolute atomic E-state index is 6.65.